The SMILES string of the molecule is Cc1ccn2cc(C(=O)Nc3ccc(NC(=O)c4ccco4)cc3)nc2c1. The highest BCUT2D eigenvalue weighted by Crippen LogP contribution is 2.16. The summed E-state index contributed by atoms with van der Waals surface area (Å²) >= 11 is 0. The number of aryl methyl sites for hydroxylation is 1. The molecule has 0 bridgehead atoms. The van der Waals surface area contributed by atoms with Crippen LogP contribution in [0, 0.1) is 6.92 Å². The number of carbonyl (C=O) groups excluding carboxylic acids is 2. The summed E-state index contributed by atoms with van der Waals surface area (Å²) in [5.74, 6) is -0.407. The topological polar surface area (TPSA) is 88.6 Å². The lowest BCUT2D eigenvalue weighted by Crippen LogP contribution is -2.13. The molecule has 0 saturated heterocycles. The van der Waals surface area contributed by atoms with Crippen molar-refractivity contribution in [1.29, 1.82) is 0 Å². The fraction of sp³-hybridized carbons (Fsp3) is 0.0500. The third kappa shape index (κ3) is 3.57. The second-order valence-electron chi connectivity index (χ2n) is 6.06. The first-order valence-corrected chi connectivity index (χ1v) is 8.30. The van der Waals surface area contributed by atoms with Gasteiger partial charge in [0.25, 0.3) is 11.8 Å². The van der Waals surface area contributed by atoms with Gasteiger partial charge in [-0.1, -0.05) is 0 Å². The van der Waals surface area contributed by atoms with Crippen molar-refractivity contribution in [3.63, 3.8) is 0 Å². The third-order valence-corrected chi connectivity index (χ3v) is 3.99. The van der Waals surface area contributed by atoms with E-state index >= 15 is 0 Å². The van der Waals surface area contributed by atoms with E-state index in [0.29, 0.717) is 17.1 Å². The highest BCUT2D eigenvalue weighted by atomic mass is 16.3. The van der Waals surface area contributed by atoms with E-state index in [1.54, 1.807) is 47.0 Å². The first-order valence-electron chi connectivity index (χ1n) is 8.30. The first kappa shape index (κ1) is 16.6. The minimum Gasteiger partial charge on any atom is -0.459 e. The standard InChI is InChI=1S/C20H16N4O3/c1-13-8-9-24-12-16(23-18(24)11-13)19(25)21-14-4-6-15(7-5-14)22-20(26)17-3-2-10-27-17/h2-12H,1H3,(H,21,25)(H,22,26). The number of nitrogens with zero attached hydrogens (tertiary/aromatic N) is 2. The average molecular weight is 360 g/mol. The van der Waals surface area contributed by atoms with E-state index in [2.05, 4.69) is 15.6 Å². The molecule has 4 aromatic rings. The molecular formula is C20H16N4O3. The molecule has 27 heavy (non-hydrogen) atoms. The van der Waals surface area contributed by atoms with E-state index in [9.17, 15) is 9.59 Å². The summed E-state index contributed by atoms with van der Waals surface area (Å²) < 4.78 is 6.85. The molecule has 3 heterocycles. The zero-order valence-electron chi connectivity index (χ0n) is 14.5. The minimum absolute atomic E-state index is 0.231. The Hall–Kier alpha value is -3.87. The zero-order chi connectivity index (χ0) is 18.8. The van der Waals surface area contributed by atoms with Crippen LogP contribution in [0.1, 0.15) is 26.6 Å². The number of anilines is 2. The summed E-state index contributed by atoms with van der Waals surface area (Å²) in [5, 5.41) is 5.51. The second kappa shape index (κ2) is 6.80. The molecular weight excluding hydrogens is 344 g/mol. The van der Waals surface area contributed by atoms with Crippen molar-refractivity contribution in [2.45, 2.75) is 6.92 Å². The Morgan fingerprint density at radius 2 is 1.70 bits per heavy atom. The number of furan rings is 1. The van der Waals surface area contributed by atoms with Gasteiger partial charge in [-0.15, -0.1) is 0 Å². The van der Waals surface area contributed by atoms with Crippen LogP contribution in [0.2, 0.25) is 0 Å². The highest BCUT2D eigenvalue weighted by Gasteiger charge is 2.12. The minimum atomic E-state index is -0.336. The summed E-state index contributed by atoms with van der Waals surface area (Å²) in [7, 11) is 0. The van der Waals surface area contributed by atoms with Crippen LogP contribution in [0.3, 0.4) is 0 Å². The van der Waals surface area contributed by atoms with Gasteiger partial charge in [0.05, 0.1) is 6.26 Å². The Kier molecular flexibility index (Phi) is 4.18. The van der Waals surface area contributed by atoms with Gasteiger partial charge in [-0.2, -0.15) is 0 Å². The van der Waals surface area contributed by atoms with E-state index in [1.165, 1.54) is 6.26 Å². The molecule has 0 fully saturated rings. The Bertz CT molecular complexity index is 1110. The normalized spacial score (nSPS) is 10.7. The molecule has 0 aliphatic carbocycles. The van der Waals surface area contributed by atoms with Crippen molar-refractivity contribution in [1.82, 2.24) is 9.38 Å². The number of amides is 2. The Balaban J connectivity index is 1.44. The van der Waals surface area contributed by atoms with Crippen LogP contribution in [0.15, 0.2) is 71.6 Å². The quantitative estimate of drug-likeness (QED) is 0.580. The van der Waals surface area contributed by atoms with Crippen molar-refractivity contribution >= 4 is 28.8 Å². The highest BCUT2D eigenvalue weighted by molar-refractivity contribution is 6.04. The van der Waals surface area contributed by atoms with Gasteiger partial charge in [0.1, 0.15) is 11.3 Å². The zero-order valence-corrected chi connectivity index (χ0v) is 14.5. The molecule has 0 atom stereocenters. The van der Waals surface area contributed by atoms with Gasteiger partial charge in [0, 0.05) is 23.8 Å². The number of carbonyl (C=O) groups is 2. The summed E-state index contributed by atoms with van der Waals surface area (Å²) in [4.78, 5) is 28.7. The van der Waals surface area contributed by atoms with Gasteiger partial charge in [-0.05, 0) is 61.0 Å². The molecule has 0 unspecified atom stereocenters. The lowest BCUT2D eigenvalue weighted by Gasteiger charge is -2.06. The summed E-state index contributed by atoms with van der Waals surface area (Å²) in [6.07, 6.45) is 4.99. The first-order chi connectivity index (χ1) is 13.1. The lowest BCUT2D eigenvalue weighted by atomic mass is 10.2. The fourth-order valence-electron chi connectivity index (χ4n) is 2.63. The summed E-state index contributed by atoms with van der Waals surface area (Å²) in [6.45, 7) is 1.97. The van der Waals surface area contributed by atoms with Crippen LogP contribution in [-0.2, 0) is 0 Å². The maximum absolute atomic E-state index is 12.4. The number of benzene rings is 1. The van der Waals surface area contributed by atoms with E-state index in [4.69, 9.17) is 4.42 Å². The number of aromatic nitrogens is 2. The fourth-order valence-corrected chi connectivity index (χ4v) is 2.63. The monoisotopic (exact) mass is 360 g/mol. The molecule has 0 radical (unpaired) electrons. The van der Waals surface area contributed by atoms with Crippen LogP contribution < -0.4 is 10.6 Å². The van der Waals surface area contributed by atoms with Crippen molar-refractivity contribution < 1.29 is 14.0 Å². The Morgan fingerprint density at radius 3 is 2.37 bits per heavy atom. The molecule has 1 aromatic carbocycles. The van der Waals surface area contributed by atoms with E-state index in [0.717, 1.165) is 11.2 Å². The molecule has 0 spiro atoms. The smallest absolute Gasteiger partial charge is 0.291 e. The van der Waals surface area contributed by atoms with Gasteiger partial charge in [-0.3, -0.25) is 9.59 Å². The average Bonchev–Trinajstić information content (AvgIpc) is 3.32. The van der Waals surface area contributed by atoms with Crippen molar-refractivity contribution in [2.75, 3.05) is 10.6 Å². The van der Waals surface area contributed by atoms with Crippen LogP contribution in [-0.4, -0.2) is 21.2 Å². The largest absolute Gasteiger partial charge is 0.459 e. The van der Waals surface area contributed by atoms with Crippen LogP contribution in [0.5, 0.6) is 0 Å². The molecule has 0 saturated carbocycles. The molecule has 3 aromatic heterocycles. The predicted molar refractivity (Wildman–Crippen MR) is 101 cm³/mol. The Morgan fingerprint density at radius 1 is 1.00 bits per heavy atom. The van der Waals surface area contributed by atoms with E-state index in [1.807, 2.05) is 25.3 Å². The summed E-state index contributed by atoms with van der Waals surface area (Å²) in [6, 6.07) is 13.9. The van der Waals surface area contributed by atoms with Gasteiger partial charge in [-0.25, -0.2) is 4.98 Å². The number of hydrogen-bond acceptors (Lipinski definition) is 4. The van der Waals surface area contributed by atoms with E-state index in [-0.39, 0.29) is 17.6 Å². The van der Waals surface area contributed by atoms with Gasteiger partial charge >= 0.3 is 0 Å². The molecule has 134 valence electrons. The van der Waals surface area contributed by atoms with Crippen LogP contribution >= 0.6 is 0 Å². The van der Waals surface area contributed by atoms with Gasteiger partial charge < -0.3 is 19.5 Å². The molecule has 2 amide bonds. The molecule has 7 nitrogen and oxygen atoms in total. The number of hydrogen-bond donors (Lipinski definition) is 2. The van der Waals surface area contributed by atoms with Crippen LogP contribution in [0.25, 0.3) is 5.65 Å². The van der Waals surface area contributed by atoms with Gasteiger partial charge in [0.2, 0.25) is 0 Å². The second-order valence-corrected chi connectivity index (χ2v) is 6.06. The number of nitrogens with one attached hydrogen (secondary N) is 2. The van der Waals surface area contributed by atoms with Gasteiger partial charge in [0.15, 0.2) is 5.76 Å². The number of imidazole rings is 1. The molecule has 7 heteroatoms. The number of fused-ring (bicyclic) bond motifs is 1. The molecule has 0 aliphatic rings. The third-order valence-electron chi connectivity index (χ3n) is 3.99. The van der Waals surface area contributed by atoms with Crippen molar-refractivity contribution in [2.24, 2.45) is 0 Å². The maximum Gasteiger partial charge on any atom is 0.291 e. The molecule has 4 rings (SSSR count). The lowest BCUT2D eigenvalue weighted by molar-refractivity contribution is 0.0994. The number of pyridine rings is 1. The summed E-state index contributed by atoms with van der Waals surface area (Å²) in [5.41, 5.74) is 3.32. The van der Waals surface area contributed by atoms with Crippen molar-refractivity contribution in [3.05, 3.63) is 84.2 Å². The maximum atomic E-state index is 12.4. The molecule has 2 N–H and O–H groups in total. The van der Waals surface area contributed by atoms with Crippen LogP contribution in [0.4, 0.5) is 11.4 Å². The Labute approximate surface area is 154 Å². The van der Waals surface area contributed by atoms with E-state index < -0.39 is 0 Å². The molecule has 0 aliphatic heterocycles. The number of rotatable bonds is 4. The van der Waals surface area contributed by atoms with Crippen molar-refractivity contribution in [3.8, 4) is 0 Å². The predicted octanol–water partition coefficient (Wildman–Crippen LogP) is 3.74.